The van der Waals surface area contributed by atoms with Gasteiger partial charge in [0, 0.05) is 26.2 Å². The van der Waals surface area contributed by atoms with E-state index in [-0.39, 0.29) is 0 Å². The van der Waals surface area contributed by atoms with E-state index in [9.17, 15) is 0 Å². The molecule has 1 aromatic heterocycles. The standard InChI is InChI=1S/C13H19N3/c1-4-12-9-11(2)10-13(14-12)16-7-5-15(3)6-8-16/h4,9-10H,1,5-8H2,2-3H3. The van der Waals surface area contributed by atoms with Crippen LogP contribution in [-0.4, -0.2) is 43.1 Å². The number of likely N-dealkylation sites (N-methyl/N-ethyl adjacent to an activating group) is 1. The van der Waals surface area contributed by atoms with E-state index < -0.39 is 0 Å². The van der Waals surface area contributed by atoms with Crippen LogP contribution in [0.5, 0.6) is 0 Å². The summed E-state index contributed by atoms with van der Waals surface area (Å²) in [6.07, 6.45) is 1.81. The molecule has 0 unspecified atom stereocenters. The van der Waals surface area contributed by atoms with Crippen molar-refractivity contribution in [2.24, 2.45) is 0 Å². The van der Waals surface area contributed by atoms with E-state index in [2.05, 4.69) is 47.5 Å². The molecule has 3 nitrogen and oxygen atoms in total. The van der Waals surface area contributed by atoms with Crippen LogP contribution in [0.3, 0.4) is 0 Å². The highest BCUT2D eigenvalue weighted by atomic mass is 15.3. The van der Waals surface area contributed by atoms with Gasteiger partial charge in [0.2, 0.25) is 0 Å². The normalized spacial score (nSPS) is 17.5. The third-order valence-corrected chi connectivity index (χ3v) is 3.01. The summed E-state index contributed by atoms with van der Waals surface area (Å²) in [5, 5.41) is 0. The number of aromatic nitrogens is 1. The van der Waals surface area contributed by atoms with E-state index in [0.717, 1.165) is 37.7 Å². The Morgan fingerprint density at radius 1 is 1.25 bits per heavy atom. The Kier molecular flexibility index (Phi) is 3.25. The van der Waals surface area contributed by atoms with Gasteiger partial charge in [0.05, 0.1) is 5.69 Å². The first-order valence-corrected chi connectivity index (χ1v) is 5.73. The van der Waals surface area contributed by atoms with E-state index in [1.165, 1.54) is 5.56 Å². The number of anilines is 1. The maximum atomic E-state index is 4.59. The van der Waals surface area contributed by atoms with Crippen molar-refractivity contribution in [3.05, 3.63) is 30.0 Å². The summed E-state index contributed by atoms with van der Waals surface area (Å²) < 4.78 is 0. The van der Waals surface area contributed by atoms with Gasteiger partial charge in [-0.1, -0.05) is 6.58 Å². The molecule has 1 aromatic rings. The number of hydrogen-bond acceptors (Lipinski definition) is 3. The smallest absolute Gasteiger partial charge is 0.129 e. The summed E-state index contributed by atoms with van der Waals surface area (Å²) in [7, 11) is 2.16. The van der Waals surface area contributed by atoms with Crippen molar-refractivity contribution in [3.63, 3.8) is 0 Å². The lowest BCUT2D eigenvalue weighted by atomic mass is 10.2. The molecule has 2 rings (SSSR count). The van der Waals surface area contributed by atoms with Crippen molar-refractivity contribution in [1.82, 2.24) is 9.88 Å². The van der Waals surface area contributed by atoms with Gasteiger partial charge in [-0.3, -0.25) is 0 Å². The largest absolute Gasteiger partial charge is 0.354 e. The monoisotopic (exact) mass is 217 g/mol. The summed E-state index contributed by atoms with van der Waals surface area (Å²) in [6, 6.07) is 4.21. The van der Waals surface area contributed by atoms with Crippen LogP contribution in [0.15, 0.2) is 18.7 Å². The first-order valence-electron chi connectivity index (χ1n) is 5.73. The maximum Gasteiger partial charge on any atom is 0.129 e. The second kappa shape index (κ2) is 4.66. The Morgan fingerprint density at radius 3 is 2.56 bits per heavy atom. The van der Waals surface area contributed by atoms with E-state index in [4.69, 9.17) is 0 Å². The van der Waals surface area contributed by atoms with Crippen LogP contribution in [0.4, 0.5) is 5.82 Å². The average molecular weight is 217 g/mol. The minimum absolute atomic E-state index is 0.967. The number of pyridine rings is 1. The van der Waals surface area contributed by atoms with Gasteiger partial charge in [-0.25, -0.2) is 4.98 Å². The molecule has 0 spiro atoms. The Bertz CT molecular complexity index is 379. The molecule has 16 heavy (non-hydrogen) atoms. The van der Waals surface area contributed by atoms with Crippen molar-refractivity contribution in [2.75, 3.05) is 38.1 Å². The molecule has 0 amide bonds. The third-order valence-electron chi connectivity index (χ3n) is 3.01. The third kappa shape index (κ3) is 2.42. The van der Waals surface area contributed by atoms with Crippen molar-refractivity contribution in [3.8, 4) is 0 Å². The van der Waals surface area contributed by atoms with Gasteiger partial charge in [-0.2, -0.15) is 0 Å². The van der Waals surface area contributed by atoms with Gasteiger partial charge in [0.1, 0.15) is 5.82 Å². The average Bonchev–Trinajstić information content (AvgIpc) is 2.29. The van der Waals surface area contributed by atoms with Gasteiger partial charge in [0.15, 0.2) is 0 Å². The van der Waals surface area contributed by atoms with Crippen molar-refractivity contribution >= 4 is 11.9 Å². The Morgan fingerprint density at radius 2 is 1.94 bits per heavy atom. The molecule has 3 heteroatoms. The van der Waals surface area contributed by atoms with Crippen molar-refractivity contribution in [2.45, 2.75) is 6.92 Å². The molecule has 1 aliphatic heterocycles. The van der Waals surface area contributed by atoms with Gasteiger partial charge < -0.3 is 9.80 Å². The zero-order valence-electron chi connectivity index (χ0n) is 10.1. The molecule has 0 atom stereocenters. The SMILES string of the molecule is C=Cc1cc(C)cc(N2CCN(C)CC2)n1. The van der Waals surface area contributed by atoms with Gasteiger partial charge in [0.25, 0.3) is 0 Å². The highest BCUT2D eigenvalue weighted by Gasteiger charge is 2.15. The molecule has 0 aliphatic carbocycles. The molecule has 1 saturated heterocycles. The fourth-order valence-electron chi connectivity index (χ4n) is 1.98. The summed E-state index contributed by atoms with van der Waals surface area (Å²) in [6.45, 7) is 10.2. The van der Waals surface area contributed by atoms with Crippen LogP contribution >= 0.6 is 0 Å². The number of piperazine rings is 1. The van der Waals surface area contributed by atoms with Crippen LogP contribution in [0.2, 0.25) is 0 Å². The van der Waals surface area contributed by atoms with E-state index in [1.807, 2.05) is 6.08 Å². The maximum absolute atomic E-state index is 4.59. The number of rotatable bonds is 2. The first kappa shape index (κ1) is 11.1. The van der Waals surface area contributed by atoms with Crippen molar-refractivity contribution < 1.29 is 0 Å². The molecule has 0 radical (unpaired) electrons. The second-order valence-electron chi connectivity index (χ2n) is 4.42. The topological polar surface area (TPSA) is 19.4 Å². The first-order chi connectivity index (χ1) is 7.69. The zero-order valence-corrected chi connectivity index (χ0v) is 10.1. The van der Waals surface area contributed by atoms with Crippen molar-refractivity contribution in [1.29, 1.82) is 0 Å². The summed E-state index contributed by atoms with van der Waals surface area (Å²) in [4.78, 5) is 9.29. The Hall–Kier alpha value is -1.35. The molecular weight excluding hydrogens is 198 g/mol. The Labute approximate surface area is 97.4 Å². The molecule has 86 valence electrons. The van der Waals surface area contributed by atoms with Gasteiger partial charge in [-0.15, -0.1) is 0 Å². The fraction of sp³-hybridized carbons (Fsp3) is 0.462. The lowest BCUT2D eigenvalue weighted by Crippen LogP contribution is -2.44. The predicted molar refractivity (Wildman–Crippen MR) is 68.8 cm³/mol. The summed E-state index contributed by atoms with van der Waals surface area (Å²) in [5.41, 5.74) is 2.22. The van der Waals surface area contributed by atoms with E-state index >= 15 is 0 Å². The summed E-state index contributed by atoms with van der Waals surface area (Å²) >= 11 is 0. The van der Waals surface area contributed by atoms with Crippen LogP contribution in [0, 0.1) is 6.92 Å². The highest BCUT2D eigenvalue weighted by molar-refractivity contribution is 5.51. The number of aryl methyl sites for hydroxylation is 1. The fourth-order valence-corrected chi connectivity index (χ4v) is 1.98. The molecule has 2 heterocycles. The molecule has 1 aliphatic rings. The lowest BCUT2D eigenvalue weighted by Gasteiger charge is -2.33. The van der Waals surface area contributed by atoms with Crippen LogP contribution in [0.25, 0.3) is 6.08 Å². The highest BCUT2D eigenvalue weighted by Crippen LogP contribution is 2.16. The Balaban J connectivity index is 2.19. The molecule has 0 N–H and O–H groups in total. The van der Waals surface area contributed by atoms with Crippen LogP contribution < -0.4 is 4.90 Å². The van der Waals surface area contributed by atoms with E-state index in [1.54, 1.807) is 0 Å². The van der Waals surface area contributed by atoms with E-state index in [0.29, 0.717) is 0 Å². The molecule has 0 bridgehead atoms. The minimum Gasteiger partial charge on any atom is -0.354 e. The zero-order chi connectivity index (χ0) is 11.5. The van der Waals surface area contributed by atoms with Crippen LogP contribution in [-0.2, 0) is 0 Å². The molecule has 1 fully saturated rings. The van der Waals surface area contributed by atoms with Gasteiger partial charge >= 0.3 is 0 Å². The van der Waals surface area contributed by atoms with Gasteiger partial charge in [-0.05, 0) is 37.7 Å². The minimum atomic E-state index is 0.967. The summed E-state index contributed by atoms with van der Waals surface area (Å²) in [5.74, 6) is 1.09. The molecule has 0 aromatic carbocycles. The predicted octanol–water partition coefficient (Wildman–Crippen LogP) is 1.78. The lowest BCUT2D eigenvalue weighted by molar-refractivity contribution is 0.312. The second-order valence-corrected chi connectivity index (χ2v) is 4.42. The molecular formula is C13H19N3. The molecule has 0 saturated carbocycles. The quantitative estimate of drug-likeness (QED) is 0.753. The number of hydrogen-bond donors (Lipinski definition) is 0. The van der Waals surface area contributed by atoms with Crippen LogP contribution in [0.1, 0.15) is 11.3 Å². The number of nitrogens with zero attached hydrogens (tertiary/aromatic N) is 3.